The number of nitrogens with zero attached hydrogens (tertiary/aromatic N) is 1. The van der Waals surface area contributed by atoms with Crippen LogP contribution >= 0.6 is 11.8 Å². The first-order valence-electron chi connectivity index (χ1n) is 6.99. The number of hydrogen-bond donors (Lipinski definition) is 0. The van der Waals surface area contributed by atoms with Crippen molar-refractivity contribution in [3.63, 3.8) is 0 Å². The van der Waals surface area contributed by atoms with Crippen LogP contribution in [0.15, 0.2) is 29.2 Å². The third-order valence-electron chi connectivity index (χ3n) is 4.06. The average molecular weight is 259 g/mol. The Kier molecular flexibility index (Phi) is 5.13. The van der Waals surface area contributed by atoms with Gasteiger partial charge in [0.05, 0.1) is 0 Å². The molecule has 0 aliphatic heterocycles. The van der Waals surface area contributed by atoms with Crippen molar-refractivity contribution in [3.8, 4) is 5.40 Å². The summed E-state index contributed by atoms with van der Waals surface area (Å²) < 4.78 is 0. The summed E-state index contributed by atoms with van der Waals surface area (Å²) in [6, 6.07) is 8.59. The maximum Gasteiger partial charge on any atom is 0.138 e. The molecule has 0 atom stereocenters. The molecular weight excluding hydrogens is 238 g/mol. The van der Waals surface area contributed by atoms with Gasteiger partial charge in [-0.05, 0) is 67.0 Å². The number of thioether (sulfide) groups is 1. The van der Waals surface area contributed by atoms with Crippen molar-refractivity contribution >= 4 is 11.8 Å². The summed E-state index contributed by atoms with van der Waals surface area (Å²) in [6.07, 6.45) is 8.21. The minimum atomic E-state index is 0.749. The summed E-state index contributed by atoms with van der Waals surface area (Å²) in [5.41, 5.74) is 1.47. The van der Waals surface area contributed by atoms with E-state index in [2.05, 4.69) is 36.6 Å². The summed E-state index contributed by atoms with van der Waals surface area (Å²) >= 11 is 1.24. The maximum atomic E-state index is 8.63. The molecule has 18 heavy (non-hydrogen) atoms. The predicted octanol–water partition coefficient (Wildman–Crippen LogP) is 5.33. The Bertz CT molecular complexity index is 396. The van der Waals surface area contributed by atoms with Gasteiger partial charge in [0.15, 0.2) is 0 Å². The van der Waals surface area contributed by atoms with Crippen molar-refractivity contribution in [2.24, 2.45) is 5.92 Å². The second kappa shape index (κ2) is 6.85. The summed E-state index contributed by atoms with van der Waals surface area (Å²) in [4.78, 5) is 1.06. The van der Waals surface area contributed by atoms with E-state index in [4.69, 9.17) is 5.26 Å². The molecule has 2 rings (SSSR count). The van der Waals surface area contributed by atoms with Gasteiger partial charge in [-0.15, -0.1) is 0 Å². The minimum absolute atomic E-state index is 0.749. The van der Waals surface area contributed by atoms with Gasteiger partial charge >= 0.3 is 0 Å². The molecule has 0 unspecified atom stereocenters. The van der Waals surface area contributed by atoms with Crippen LogP contribution < -0.4 is 0 Å². The molecule has 0 radical (unpaired) electrons. The lowest BCUT2D eigenvalue weighted by Crippen LogP contribution is -2.13. The van der Waals surface area contributed by atoms with Crippen molar-refractivity contribution in [2.45, 2.75) is 56.3 Å². The summed E-state index contributed by atoms with van der Waals surface area (Å²) in [5, 5.41) is 10.7. The van der Waals surface area contributed by atoms with Gasteiger partial charge in [-0.25, -0.2) is 0 Å². The number of rotatable bonds is 4. The molecule has 0 aromatic heterocycles. The Hall–Kier alpha value is -0.940. The lowest BCUT2D eigenvalue weighted by atomic mass is 9.77. The van der Waals surface area contributed by atoms with Crippen molar-refractivity contribution in [3.05, 3.63) is 29.8 Å². The minimum Gasteiger partial charge on any atom is -0.185 e. The van der Waals surface area contributed by atoms with Crippen LogP contribution in [0.2, 0.25) is 0 Å². The highest BCUT2D eigenvalue weighted by atomic mass is 32.2. The summed E-state index contributed by atoms with van der Waals surface area (Å²) in [6.45, 7) is 2.29. The van der Waals surface area contributed by atoms with Crippen LogP contribution in [0, 0.1) is 16.6 Å². The molecule has 1 aromatic rings. The SMILES string of the molecule is CCC[C@H]1CC[C@H](c2ccc(SC#N)cc2)CC1. The van der Waals surface area contributed by atoms with E-state index in [9.17, 15) is 0 Å². The normalized spacial score (nSPS) is 23.6. The molecule has 0 bridgehead atoms. The zero-order valence-corrected chi connectivity index (χ0v) is 11.9. The molecule has 0 N–H and O–H groups in total. The van der Waals surface area contributed by atoms with E-state index in [1.54, 1.807) is 0 Å². The average Bonchev–Trinajstić information content (AvgIpc) is 2.41. The van der Waals surface area contributed by atoms with Gasteiger partial charge in [0.1, 0.15) is 5.40 Å². The van der Waals surface area contributed by atoms with Crippen LogP contribution in [0.1, 0.15) is 56.9 Å². The van der Waals surface area contributed by atoms with Crippen molar-refractivity contribution in [2.75, 3.05) is 0 Å². The molecule has 1 aliphatic carbocycles. The zero-order chi connectivity index (χ0) is 12.8. The molecule has 1 aliphatic rings. The van der Waals surface area contributed by atoms with E-state index in [0.29, 0.717) is 0 Å². The molecule has 0 spiro atoms. The zero-order valence-electron chi connectivity index (χ0n) is 11.1. The molecular formula is C16H21NS. The molecule has 1 fully saturated rings. The smallest absolute Gasteiger partial charge is 0.138 e. The van der Waals surface area contributed by atoms with Gasteiger partial charge in [-0.2, -0.15) is 5.26 Å². The van der Waals surface area contributed by atoms with Crippen LogP contribution in [-0.2, 0) is 0 Å². The van der Waals surface area contributed by atoms with E-state index in [1.165, 1.54) is 55.9 Å². The standard InChI is InChI=1S/C16H21NS/c1-2-3-13-4-6-14(7-5-13)15-8-10-16(11-9-15)18-12-17/h8-11,13-14H,2-7H2,1H3/t13-,14-. The van der Waals surface area contributed by atoms with Crippen molar-refractivity contribution < 1.29 is 0 Å². The topological polar surface area (TPSA) is 23.8 Å². The number of benzene rings is 1. The van der Waals surface area contributed by atoms with Crippen LogP contribution in [0.3, 0.4) is 0 Å². The largest absolute Gasteiger partial charge is 0.185 e. The molecule has 0 heterocycles. The summed E-state index contributed by atoms with van der Waals surface area (Å²) in [5.74, 6) is 1.72. The fourth-order valence-electron chi connectivity index (χ4n) is 3.05. The number of thiocyanates is 1. The maximum absolute atomic E-state index is 8.63. The molecule has 0 amide bonds. The monoisotopic (exact) mass is 259 g/mol. The first-order chi connectivity index (χ1) is 8.83. The second-order valence-corrected chi connectivity index (χ2v) is 6.13. The fourth-order valence-corrected chi connectivity index (χ4v) is 3.43. The third-order valence-corrected chi connectivity index (χ3v) is 4.66. The molecule has 1 nitrogen and oxygen atoms in total. The van der Waals surface area contributed by atoms with E-state index in [0.717, 1.165) is 16.7 Å². The Morgan fingerprint density at radius 1 is 1.17 bits per heavy atom. The quantitative estimate of drug-likeness (QED) is 0.538. The van der Waals surface area contributed by atoms with E-state index in [1.807, 2.05) is 0 Å². The molecule has 1 aromatic carbocycles. The molecule has 0 saturated heterocycles. The Morgan fingerprint density at radius 2 is 1.83 bits per heavy atom. The van der Waals surface area contributed by atoms with Gasteiger partial charge in [-0.3, -0.25) is 0 Å². The van der Waals surface area contributed by atoms with Gasteiger partial charge in [-0.1, -0.05) is 31.9 Å². The predicted molar refractivity (Wildman–Crippen MR) is 77.5 cm³/mol. The lowest BCUT2D eigenvalue weighted by molar-refractivity contribution is 0.308. The first kappa shape index (κ1) is 13.5. The molecule has 2 heteroatoms. The number of hydrogen-bond acceptors (Lipinski definition) is 2. The third kappa shape index (κ3) is 3.53. The highest BCUT2D eigenvalue weighted by Crippen LogP contribution is 2.37. The summed E-state index contributed by atoms with van der Waals surface area (Å²) in [7, 11) is 0. The van der Waals surface area contributed by atoms with Gasteiger partial charge < -0.3 is 0 Å². The highest BCUT2D eigenvalue weighted by Gasteiger charge is 2.21. The van der Waals surface area contributed by atoms with Gasteiger partial charge in [0.2, 0.25) is 0 Å². The van der Waals surface area contributed by atoms with E-state index in [-0.39, 0.29) is 0 Å². The highest BCUT2D eigenvalue weighted by molar-refractivity contribution is 8.03. The van der Waals surface area contributed by atoms with Gasteiger partial charge in [0, 0.05) is 4.90 Å². The Labute approximate surface area is 115 Å². The van der Waals surface area contributed by atoms with Crippen LogP contribution in [0.5, 0.6) is 0 Å². The fraction of sp³-hybridized carbons (Fsp3) is 0.562. The van der Waals surface area contributed by atoms with E-state index >= 15 is 0 Å². The van der Waals surface area contributed by atoms with E-state index < -0.39 is 0 Å². The number of nitriles is 1. The van der Waals surface area contributed by atoms with Crippen molar-refractivity contribution in [1.29, 1.82) is 5.26 Å². The lowest BCUT2D eigenvalue weighted by Gasteiger charge is -2.28. The Morgan fingerprint density at radius 3 is 2.39 bits per heavy atom. The van der Waals surface area contributed by atoms with Crippen molar-refractivity contribution in [1.82, 2.24) is 0 Å². The molecule has 1 saturated carbocycles. The van der Waals surface area contributed by atoms with Crippen LogP contribution in [0.25, 0.3) is 0 Å². The van der Waals surface area contributed by atoms with Crippen LogP contribution in [-0.4, -0.2) is 0 Å². The van der Waals surface area contributed by atoms with Gasteiger partial charge in [0.25, 0.3) is 0 Å². The van der Waals surface area contributed by atoms with Crippen LogP contribution in [0.4, 0.5) is 0 Å². The first-order valence-corrected chi connectivity index (χ1v) is 7.81. The second-order valence-electron chi connectivity index (χ2n) is 5.27. The molecule has 96 valence electrons. The Balaban J connectivity index is 1.91.